The van der Waals surface area contributed by atoms with Gasteiger partial charge in [0.05, 0.1) is 18.8 Å². The van der Waals surface area contributed by atoms with Gasteiger partial charge in [-0.15, -0.1) is 11.3 Å². The highest BCUT2D eigenvalue weighted by Gasteiger charge is 2.25. The average Bonchev–Trinajstić information content (AvgIpc) is 3.20. The first-order chi connectivity index (χ1) is 10.8. The summed E-state index contributed by atoms with van der Waals surface area (Å²) in [4.78, 5) is 8.76. The number of rotatable bonds is 4. The Bertz CT molecular complexity index is 635. The third-order valence-corrected chi connectivity index (χ3v) is 5.67. The number of aromatic nitrogens is 1. The molecule has 0 aromatic carbocycles. The van der Waals surface area contributed by atoms with Gasteiger partial charge >= 0.3 is 0 Å². The smallest absolute Gasteiger partial charge is 0.126 e. The molecule has 0 amide bonds. The van der Waals surface area contributed by atoms with E-state index in [1.54, 1.807) is 11.3 Å². The number of thiophene rings is 1. The van der Waals surface area contributed by atoms with E-state index >= 15 is 0 Å². The molecule has 0 spiro atoms. The van der Waals surface area contributed by atoms with Crippen molar-refractivity contribution in [3.8, 4) is 5.00 Å². The van der Waals surface area contributed by atoms with Crippen LogP contribution >= 0.6 is 11.3 Å². The second-order valence-electron chi connectivity index (χ2n) is 6.21. The zero-order valence-corrected chi connectivity index (χ0v) is 13.9. The molecule has 0 N–H and O–H groups in total. The van der Waals surface area contributed by atoms with Gasteiger partial charge in [0, 0.05) is 18.4 Å². The van der Waals surface area contributed by atoms with Crippen molar-refractivity contribution in [1.29, 1.82) is 0 Å². The molecule has 1 fully saturated rings. The van der Waals surface area contributed by atoms with Crippen LogP contribution in [-0.2, 0) is 11.4 Å². The lowest BCUT2D eigenvalue weighted by Crippen LogP contribution is -2.39. The SMILES string of the molecule is CCN1CCCC(CON2Cc3cccn3-c3sccc32)C1. The predicted molar refractivity (Wildman–Crippen MR) is 90.6 cm³/mol. The number of piperidine rings is 1. The van der Waals surface area contributed by atoms with Gasteiger partial charge in [-0.2, -0.15) is 0 Å². The quantitative estimate of drug-likeness (QED) is 0.861. The van der Waals surface area contributed by atoms with Crippen LogP contribution < -0.4 is 5.06 Å². The van der Waals surface area contributed by atoms with E-state index in [4.69, 9.17) is 4.84 Å². The highest BCUT2D eigenvalue weighted by molar-refractivity contribution is 7.13. The Balaban J connectivity index is 1.44. The molecular formula is C17H23N3OS. The first-order valence-corrected chi connectivity index (χ1v) is 9.10. The van der Waals surface area contributed by atoms with E-state index in [2.05, 4.69) is 51.2 Å². The van der Waals surface area contributed by atoms with Gasteiger partial charge < -0.3 is 9.47 Å². The van der Waals surface area contributed by atoms with Gasteiger partial charge in [-0.1, -0.05) is 6.92 Å². The zero-order valence-electron chi connectivity index (χ0n) is 13.1. The van der Waals surface area contributed by atoms with Gasteiger partial charge in [-0.05, 0) is 55.4 Å². The first-order valence-electron chi connectivity index (χ1n) is 8.22. The number of likely N-dealkylation sites (tertiary alicyclic amines) is 1. The minimum Gasteiger partial charge on any atom is -0.309 e. The van der Waals surface area contributed by atoms with Crippen molar-refractivity contribution in [3.05, 3.63) is 35.5 Å². The van der Waals surface area contributed by atoms with Gasteiger partial charge in [-0.25, -0.2) is 5.06 Å². The zero-order chi connectivity index (χ0) is 14.9. The Kier molecular flexibility index (Phi) is 3.94. The lowest BCUT2D eigenvalue weighted by Gasteiger charge is -2.34. The van der Waals surface area contributed by atoms with Gasteiger partial charge in [0.25, 0.3) is 0 Å². The third-order valence-electron chi connectivity index (χ3n) is 4.77. The maximum absolute atomic E-state index is 6.23. The van der Waals surface area contributed by atoms with Gasteiger partial charge in [0.2, 0.25) is 0 Å². The summed E-state index contributed by atoms with van der Waals surface area (Å²) in [6.07, 6.45) is 4.73. The summed E-state index contributed by atoms with van der Waals surface area (Å²) in [6, 6.07) is 6.46. The number of fused-ring (bicyclic) bond motifs is 3. The molecule has 1 unspecified atom stereocenters. The number of hydrogen-bond donors (Lipinski definition) is 0. The molecule has 1 atom stereocenters. The summed E-state index contributed by atoms with van der Waals surface area (Å²) in [7, 11) is 0. The fraction of sp³-hybridized carbons (Fsp3) is 0.529. The molecule has 0 bridgehead atoms. The molecule has 2 aromatic rings. The van der Waals surface area contributed by atoms with Crippen molar-refractivity contribution in [2.45, 2.75) is 26.3 Å². The van der Waals surface area contributed by atoms with Gasteiger partial charge in [0.15, 0.2) is 0 Å². The van der Waals surface area contributed by atoms with Crippen molar-refractivity contribution in [1.82, 2.24) is 9.47 Å². The second kappa shape index (κ2) is 6.07. The van der Waals surface area contributed by atoms with E-state index in [9.17, 15) is 0 Å². The van der Waals surface area contributed by atoms with Crippen LogP contribution in [0.15, 0.2) is 29.8 Å². The normalized spacial score (nSPS) is 21.7. The molecule has 22 heavy (non-hydrogen) atoms. The Hall–Kier alpha value is -1.30. The maximum atomic E-state index is 6.23. The largest absolute Gasteiger partial charge is 0.309 e. The van der Waals surface area contributed by atoms with E-state index in [1.165, 1.54) is 42.3 Å². The summed E-state index contributed by atoms with van der Waals surface area (Å²) in [5.74, 6) is 0.657. The lowest BCUT2D eigenvalue weighted by atomic mass is 9.99. The fourth-order valence-electron chi connectivity index (χ4n) is 3.53. The monoisotopic (exact) mass is 317 g/mol. The van der Waals surface area contributed by atoms with E-state index in [1.807, 2.05) is 0 Å². The van der Waals surface area contributed by atoms with E-state index < -0.39 is 0 Å². The molecule has 2 aromatic heterocycles. The molecular weight excluding hydrogens is 294 g/mol. The Labute approximate surface area is 135 Å². The topological polar surface area (TPSA) is 20.6 Å². The molecule has 0 aliphatic carbocycles. The minimum absolute atomic E-state index is 0.657. The summed E-state index contributed by atoms with van der Waals surface area (Å²) in [5.41, 5.74) is 2.51. The van der Waals surface area contributed by atoms with Crippen LogP contribution in [0.25, 0.3) is 5.00 Å². The van der Waals surface area contributed by atoms with Gasteiger partial charge in [-0.3, -0.25) is 4.84 Å². The Morgan fingerprint density at radius 2 is 2.32 bits per heavy atom. The Morgan fingerprint density at radius 3 is 3.23 bits per heavy atom. The van der Waals surface area contributed by atoms with Crippen LogP contribution in [0.2, 0.25) is 0 Å². The summed E-state index contributed by atoms with van der Waals surface area (Å²) < 4.78 is 2.28. The van der Waals surface area contributed by atoms with Crippen molar-refractivity contribution < 1.29 is 4.84 Å². The molecule has 2 aliphatic heterocycles. The highest BCUT2D eigenvalue weighted by Crippen LogP contribution is 2.36. The predicted octanol–water partition coefficient (Wildman–Crippen LogP) is 3.52. The molecule has 5 heteroatoms. The molecule has 4 rings (SSSR count). The summed E-state index contributed by atoms with van der Waals surface area (Å²) >= 11 is 1.77. The first kappa shape index (κ1) is 14.3. The van der Waals surface area contributed by atoms with Crippen LogP contribution in [0.3, 0.4) is 0 Å². The molecule has 4 heterocycles. The van der Waals surface area contributed by atoms with Crippen molar-refractivity contribution in [2.75, 3.05) is 31.3 Å². The number of hydroxylamine groups is 1. The van der Waals surface area contributed by atoms with E-state index in [-0.39, 0.29) is 0 Å². The number of hydrogen-bond acceptors (Lipinski definition) is 4. The Morgan fingerprint density at radius 1 is 1.36 bits per heavy atom. The van der Waals surface area contributed by atoms with Gasteiger partial charge in [0.1, 0.15) is 5.00 Å². The third kappa shape index (κ3) is 2.57. The minimum atomic E-state index is 0.657. The van der Waals surface area contributed by atoms with E-state index in [0.717, 1.165) is 19.7 Å². The van der Waals surface area contributed by atoms with Crippen LogP contribution in [0.4, 0.5) is 5.69 Å². The summed E-state index contributed by atoms with van der Waals surface area (Å²) in [5, 5.41) is 5.51. The number of anilines is 1. The number of nitrogens with zero attached hydrogens (tertiary/aromatic N) is 3. The average molecular weight is 317 g/mol. The molecule has 1 saturated heterocycles. The van der Waals surface area contributed by atoms with Crippen LogP contribution in [0, 0.1) is 5.92 Å². The second-order valence-corrected chi connectivity index (χ2v) is 7.11. The van der Waals surface area contributed by atoms with Crippen molar-refractivity contribution in [2.24, 2.45) is 5.92 Å². The fourth-order valence-corrected chi connectivity index (χ4v) is 4.43. The molecule has 2 aliphatic rings. The van der Waals surface area contributed by atoms with Crippen LogP contribution in [-0.4, -0.2) is 35.7 Å². The van der Waals surface area contributed by atoms with Crippen LogP contribution in [0.5, 0.6) is 0 Å². The molecule has 0 radical (unpaired) electrons. The lowest BCUT2D eigenvalue weighted by molar-refractivity contribution is 0.0427. The molecule has 118 valence electrons. The van der Waals surface area contributed by atoms with E-state index in [0.29, 0.717) is 5.92 Å². The van der Waals surface area contributed by atoms with Crippen molar-refractivity contribution >= 4 is 17.0 Å². The summed E-state index contributed by atoms with van der Waals surface area (Å²) in [6.45, 7) is 7.49. The standard InChI is InChI=1S/C17H23N3OS/c1-2-18-8-3-5-14(11-18)13-21-20-12-15-6-4-9-19(15)17-16(20)7-10-22-17/h4,6-7,9-10,14H,2-3,5,8,11-13H2,1H3. The van der Waals surface area contributed by atoms with Crippen molar-refractivity contribution in [3.63, 3.8) is 0 Å². The molecule has 0 saturated carbocycles. The maximum Gasteiger partial charge on any atom is 0.126 e. The molecule has 4 nitrogen and oxygen atoms in total. The van der Waals surface area contributed by atoms with Crippen LogP contribution in [0.1, 0.15) is 25.5 Å². The highest BCUT2D eigenvalue weighted by atomic mass is 32.1.